The maximum Gasteiger partial charge on any atom is 0.472 e. The van der Waals surface area contributed by atoms with Crippen LogP contribution < -0.4 is 0 Å². The number of hydrogen-bond acceptors (Lipinski definition) is 7. The minimum absolute atomic E-state index is 0.0260. The van der Waals surface area contributed by atoms with E-state index in [9.17, 15) is 19.0 Å². The maximum atomic E-state index is 12.7. The summed E-state index contributed by atoms with van der Waals surface area (Å²) in [5.41, 5.74) is 0. The SMILES string of the molecule is CCCC/C=C/CCCCCCCCCCCC(=O)O[C@@H](COC(=O)CCC/C=C/CC/C=C/CCCCCCCCCCCCCCCC)COP(=O)(O)OCC[N+](C)(C)C. The maximum absolute atomic E-state index is 12.7. The van der Waals surface area contributed by atoms with E-state index in [1.807, 2.05) is 21.1 Å². The summed E-state index contributed by atoms with van der Waals surface area (Å²) in [5.74, 6) is -0.844. The van der Waals surface area contributed by atoms with Gasteiger partial charge in [0.05, 0.1) is 27.7 Å². The van der Waals surface area contributed by atoms with Crippen molar-refractivity contribution in [3.63, 3.8) is 0 Å². The summed E-state index contributed by atoms with van der Waals surface area (Å²) >= 11 is 0. The molecule has 0 aromatic carbocycles. The van der Waals surface area contributed by atoms with E-state index in [2.05, 4.69) is 50.3 Å². The van der Waals surface area contributed by atoms with Crippen LogP contribution in [0.15, 0.2) is 36.5 Å². The molecule has 9 nitrogen and oxygen atoms in total. The van der Waals surface area contributed by atoms with Crippen molar-refractivity contribution in [3.8, 4) is 0 Å². The molecule has 0 bridgehead atoms. The van der Waals surface area contributed by atoms with Gasteiger partial charge in [0.25, 0.3) is 0 Å². The highest BCUT2D eigenvalue weighted by Crippen LogP contribution is 2.43. The Kier molecular flexibility index (Phi) is 43.2. The quantitative estimate of drug-likeness (QED) is 0.0212. The predicted octanol–water partition coefficient (Wildman–Crippen LogP) is 15.3. The van der Waals surface area contributed by atoms with Gasteiger partial charge in [-0.2, -0.15) is 0 Å². The van der Waals surface area contributed by atoms with Crippen molar-refractivity contribution < 1.29 is 42.1 Å². The van der Waals surface area contributed by atoms with Crippen LogP contribution in [0.1, 0.15) is 232 Å². The first-order chi connectivity index (χ1) is 30.0. The number of quaternary nitrogens is 1. The number of carbonyl (C=O) groups excluding carboxylic acids is 2. The molecule has 2 atom stereocenters. The third-order valence-electron chi connectivity index (χ3n) is 11.1. The summed E-state index contributed by atoms with van der Waals surface area (Å²) in [5, 5.41) is 0. The molecule has 1 unspecified atom stereocenters. The molecule has 1 N–H and O–H groups in total. The first-order valence-corrected chi connectivity index (χ1v) is 27.2. The summed E-state index contributed by atoms with van der Waals surface area (Å²) in [7, 11) is 1.46. The number of hydrogen-bond donors (Lipinski definition) is 1. The van der Waals surface area contributed by atoms with Crippen molar-refractivity contribution in [2.24, 2.45) is 0 Å². The number of unbranched alkanes of at least 4 members (excludes halogenated alkanes) is 27. The molecule has 0 aliphatic carbocycles. The molecular formula is C52H99NO8P+. The van der Waals surface area contributed by atoms with Gasteiger partial charge in [0.2, 0.25) is 0 Å². The highest BCUT2D eigenvalue weighted by atomic mass is 31.2. The average Bonchev–Trinajstić information content (AvgIpc) is 3.23. The van der Waals surface area contributed by atoms with Gasteiger partial charge in [-0.1, -0.05) is 192 Å². The smallest absolute Gasteiger partial charge is 0.462 e. The fraction of sp³-hybridized carbons (Fsp3) is 0.846. The van der Waals surface area contributed by atoms with Crippen LogP contribution in [0.3, 0.4) is 0 Å². The Balaban J connectivity index is 4.26. The van der Waals surface area contributed by atoms with E-state index < -0.39 is 32.5 Å². The van der Waals surface area contributed by atoms with Gasteiger partial charge in [-0.3, -0.25) is 18.6 Å². The van der Waals surface area contributed by atoms with Crippen LogP contribution in [-0.4, -0.2) is 74.9 Å². The first-order valence-electron chi connectivity index (χ1n) is 25.7. The Hall–Kier alpha value is -1.77. The summed E-state index contributed by atoms with van der Waals surface area (Å²) in [6.07, 6.45) is 52.1. The zero-order valence-electron chi connectivity index (χ0n) is 41.1. The molecule has 62 heavy (non-hydrogen) atoms. The van der Waals surface area contributed by atoms with Crippen LogP contribution in [-0.2, 0) is 32.7 Å². The van der Waals surface area contributed by atoms with Gasteiger partial charge in [0, 0.05) is 12.8 Å². The third kappa shape index (κ3) is 47.7. The summed E-state index contributed by atoms with van der Waals surface area (Å²) in [4.78, 5) is 35.5. The van der Waals surface area contributed by atoms with E-state index in [0.717, 1.165) is 44.9 Å². The number of esters is 2. The standard InChI is InChI=1S/C52H98NO8P/c1-6-8-10-12-14-16-18-20-22-23-24-25-26-27-28-29-31-32-34-36-38-40-42-44-51(54)58-48-50(49-60-62(56,57)59-47-46-53(3,4)5)61-52(55)45-43-41-39-37-35-33-30-21-19-17-15-13-11-9-7-2/h13,15,29,31,36,38,50H,6-12,14,16-28,30,32-35,37,39-49H2,1-5H3/p+1/b15-13+,31-29+,38-36+/t50-/m0/s1. The molecule has 0 aromatic rings. The fourth-order valence-electron chi connectivity index (χ4n) is 7.08. The van der Waals surface area contributed by atoms with Crippen LogP contribution in [0.25, 0.3) is 0 Å². The van der Waals surface area contributed by atoms with Crippen LogP contribution in [0.5, 0.6) is 0 Å². The molecule has 0 spiro atoms. The number of phosphoric acid groups is 1. The molecule has 0 saturated carbocycles. The largest absolute Gasteiger partial charge is 0.472 e. The Bertz CT molecular complexity index is 1150. The summed E-state index contributed by atoms with van der Waals surface area (Å²) in [6.45, 7) is 4.38. The van der Waals surface area contributed by atoms with Crippen molar-refractivity contribution >= 4 is 19.8 Å². The number of phosphoric ester groups is 1. The normalized spacial score (nSPS) is 13.7. The molecule has 0 radical (unpaired) electrons. The van der Waals surface area contributed by atoms with E-state index in [0.29, 0.717) is 23.9 Å². The molecule has 0 rings (SSSR count). The number of carbonyl (C=O) groups is 2. The lowest BCUT2D eigenvalue weighted by Crippen LogP contribution is -2.37. The third-order valence-corrected chi connectivity index (χ3v) is 12.1. The van der Waals surface area contributed by atoms with Crippen molar-refractivity contribution in [2.45, 2.75) is 238 Å². The lowest BCUT2D eigenvalue weighted by Gasteiger charge is -2.24. The van der Waals surface area contributed by atoms with Crippen molar-refractivity contribution in [3.05, 3.63) is 36.5 Å². The molecule has 0 fully saturated rings. The Morgan fingerprint density at radius 3 is 1.34 bits per heavy atom. The van der Waals surface area contributed by atoms with Crippen LogP contribution in [0.4, 0.5) is 0 Å². The second-order valence-corrected chi connectivity index (χ2v) is 20.0. The molecular weight excluding hydrogens is 798 g/mol. The fourth-order valence-corrected chi connectivity index (χ4v) is 7.82. The molecule has 0 saturated heterocycles. The summed E-state index contributed by atoms with van der Waals surface area (Å²) < 4.78 is 34.4. The van der Waals surface area contributed by atoms with Crippen molar-refractivity contribution in [1.29, 1.82) is 0 Å². The number of ether oxygens (including phenoxy) is 2. The predicted molar refractivity (Wildman–Crippen MR) is 261 cm³/mol. The van der Waals surface area contributed by atoms with Crippen LogP contribution >= 0.6 is 7.82 Å². The zero-order chi connectivity index (χ0) is 45.7. The second-order valence-electron chi connectivity index (χ2n) is 18.5. The minimum atomic E-state index is -4.39. The number of allylic oxidation sites excluding steroid dienone is 6. The van der Waals surface area contributed by atoms with Gasteiger partial charge in [0.1, 0.15) is 19.8 Å². The monoisotopic (exact) mass is 897 g/mol. The second kappa shape index (κ2) is 44.4. The van der Waals surface area contributed by atoms with Crippen molar-refractivity contribution in [1.82, 2.24) is 0 Å². The molecule has 10 heteroatoms. The van der Waals surface area contributed by atoms with E-state index in [1.54, 1.807) is 0 Å². The topological polar surface area (TPSA) is 108 Å². The van der Waals surface area contributed by atoms with Gasteiger partial charge in [-0.05, 0) is 64.2 Å². The number of rotatable bonds is 47. The molecule has 0 amide bonds. The molecule has 0 heterocycles. The van der Waals surface area contributed by atoms with Crippen LogP contribution in [0.2, 0.25) is 0 Å². The molecule has 364 valence electrons. The van der Waals surface area contributed by atoms with Gasteiger partial charge < -0.3 is 18.9 Å². The number of likely N-dealkylation sites (N-methyl/N-ethyl adjacent to an activating group) is 1. The lowest BCUT2D eigenvalue weighted by atomic mass is 10.0. The van der Waals surface area contributed by atoms with Crippen LogP contribution in [0, 0.1) is 0 Å². The minimum Gasteiger partial charge on any atom is -0.462 e. The molecule has 0 aromatic heterocycles. The average molecular weight is 897 g/mol. The van der Waals surface area contributed by atoms with Gasteiger partial charge >= 0.3 is 19.8 Å². The summed E-state index contributed by atoms with van der Waals surface area (Å²) in [6, 6.07) is 0. The van der Waals surface area contributed by atoms with Gasteiger partial charge in [-0.15, -0.1) is 0 Å². The van der Waals surface area contributed by atoms with E-state index in [4.69, 9.17) is 18.5 Å². The molecule has 0 aliphatic rings. The van der Waals surface area contributed by atoms with Gasteiger partial charge in [0.15, 0.2) is 6.10 Å². The zero-order valence-corrected chi connectivity index (χ0v) is 42.0. The number of nitrogens with zero attached hydrogens (tertiary/aromatic N) is 1. The Morgan fingerprint density at radius 1 is 0.484 bits per heavy atom. The first kappa shape index (κ1) is 60.2. The molecule has 0 aliphatic heterocycles. The van der Waals surface area contributed by atoms with Gasteiger partial charge in [-0.25, -0.2) is 4.57 Å². The van der Waals surface area contributed by atoms with E-state index in [1.165, 1.54) is 148 Å². The Labute approximate surface area is 382 Å². The Morgan fingerprint density at radius 2 is 0.871 bits per heavy atom. The highest BCUT2D eigenvalue weighted by Gasteiger charge is 2.27. The van der Waals surface area contributed by atoms with Crippen molar-refractivity contribution in [2.75, 3.05) is 47.5 Å². The van der Waals surface area contributed by atoms with E-state index >= 15 is 0 Å². The van der Waals surface area contributed by atoms with E-state index in [-0.39, 0.29) is 26.1 Å². The highest BCUT2D eigenvalue weighted by molar-refractivity contribution is 7.47. The lowest BCUT2D eigenvalue weighted by molar-refractivity contribution is -0.870.